The third-order valence-corrected chi connectivity index (χ3v) is 3.40. The van der Waals surface area contributed by atoms with Gasteiger partial charge in [-0.25, -0.2) is 0 Å². The number of hydrogen-bond donors (Lipinski definition) is 3. The highest BCUT2D eigenvalue weighted by atomic mass is 16.3. The Balaban J connectivity index is 2.05. The van der Waals surface area contributed by atoms with Crippen LogP contribution in [0.4, 0.5) is 0 Å². The molecule has 20 heavy (non-hydrogen) atoms. The number of nitrogens with one attached hydrogen (secondary N) is 1. The van der Waals surface area contributed by atoms with Gasteiger partial charge in [-0.05, 0) is 31.7 Å². The standard InChI is InChI=1S/C15H18N2O3/c18-9-1-2-11-10-16-8-7-14(11)15(20)17-12-3-5-13(19)6-4-12/h7-8,10,12-13,18-19H,3-6,9H2,(H,17,20). The molecule has 1 fully saturated rings. The summed E-state index contributed by atoms with van der Waals surface area (Å²) in [6.45, 7) is -0.254. The minimum atomic E-state index is -0.254. The molecule has 2 rings (SSSR count). The van der Waals surface area contributed by atoms with Gasteiger partial charge in [-0.1, -0.05) is 11.8 Å². The number of aliphatic hydroxyl groups excluding tert-OH is 2. The number of aliphatic hydroxyl groups is 2. The molecule has 1 aliphatic carbocycles. The summed E-state index contributed by atoms with van der Waals surface area (Å²) in [6, 6.07) is 1.71. The Morgan fingerprint density at radius 2 is 2.15 bits per heavy atom. The smallest absolute Gasteiger partial charge is 0.252 e. The Labute approximate surface area is 118 Å². The maximum atomic E-state index is 12.2. The van der Waals surface area contributed by atoms with Crippen LogP contribution in [0, 0.1) is 11.8 Å². The lowest BCUT2D eigenvalue weighted by Crippen LogP contribution is -2.38. The van der Waals surface area contributed by atoms with E-state index in [9.17, 15) is 9.90 Å². The summed E-state index contributed by atoms with van der Waals surface area (Å²) in [5.74, 6) is 5.06. The molecular formula is C15H18N2O3. The second-order valence-electron chi connectivity index (χ2n) is 4.86. The zero-order valence-corrected chi connectivity index (χ0v) is 11.2. The van der Waals surface area contributed by atoms with Gasteiger partial charge in [-0.15, -0.1) is 0 Å². The van der Waals surface area contributed by atoms with Gasteiger partial charge in [0.1, 0.15) is 6.61 Å². The van der Waals surface area contributed by atoms with Gasteiger partial charge in [-0.3, -0.25) is 9.78 Å². The van der Waals surface area contributed by atoms with Crippen molar-refractivity contribution in [2.75, 3.05) is 6.61 Å². The highest BCUT2D eigenvalue weighted by molar-refractivity contribution is 5.96. The van der Waals surface area contributed by atoms with E-state index in [1.165, 1.54) is 6.20 Å². The fourth-order valence-electron chi connectivity index (χ4n) is 2.31. The Hall–Kier alpha value is -1.90. The van der Waals surface area contributed by atoms with Crippen molar-refractivity contribution >= 4 is 5.91 Å². The van der Waals surface area contributed by atoms with E-state index in [-0.39, 0.29) is 24.7 Å². The van der Waals surface area contributed by atoms with Gasteiger partial charge >= 0.3 is 0 Å². The third kappa shape index (κ3) is 3.80. The molecule has 0 spiro atoms. The van der Waals surface area contributed by atoms with Crippen molar-refractivity contribution in [3.8, 4) is 11.8 Å². The molecule has 5 nitrogen and oxygen atoms in total. The predicted octanol–water partition coefficient (Wildman–Crippen LogP) is 0.459. The van der Waals surface area contributed by atoms with Gasteiger partial charge in [0.25, 0.3) is 5.91 Å². The van der Waals surface area contributed by atoms with Crippen molar-refractivity contribution in [3.63, 3.8) is 0 Å². The van der Waals surface area contributed by atoms with Gasteiger partial charge in [0.2, 0.25) is 0 Å². The molecule has 1 aromatic rings. The van der Waals surface area contributed by atoms with Crippen LogP contribution in [-0.2, 0) is 0 Å². The molecule has 0 saturated heterocycles. The van der Waals surface area contributed by atoms with Crippen LogP contribution in [-0.4, -0.2) is 39.9 Å². The molecule has 0 aromatic carbocycles. The van der Waals surface area contributed by atoms with Crippen molar-refractivity contribution in [2.45, 2.75) is 37.8 Å². The van der Waals surface area contributed by atoms with Crippen LogP contribution in [0.5, 0.6) is 0 Å². The molecule has 0 bridgehead atoms. The first-order valence-corrected chi connectivity index (χ1v) is 6.73. The number of carbonyl (C=O) groups is 1. The molecule has 1 amide bonds. The average molecular weight is 274 g/mol. The number of carbonyl (C=O) groups excluding carboxylic acids is 1. The fourth-order valence-corrected chi connectivity index (χ4v) is 2.31. The van der Waals surface area contributed by atoms with Crippen LogP contribution in [0.25, 0.3) is 0 Å². The maximum Gasteiger partial charge on any atom is 0.252 e. The number of rotatable bonds is 2. The molecule has 0 atom stereocenters. The number of hydrogen-bond acceptors (Lipinski definition) is 4. The summed E-state index contributed by atoms with van der Waals surface area (Å²) >= 11 is 0. The number of amides is 1. The monoisotopic (exact) mass is 274 g/mol. The average Bonchev–Trinajstić information content (AvgIpc) is 2.47. The maximum absolute atomic E-state index is 12.2. The van der Waals surface area contributed by atoms with Crippen LogP contribution in [0.15, 0.2) is 18.5 Å². The highest BCUT2D eigenvalue weighted by Crippen LogP contribution is 2.19. The quantitative estimate of drug-likeness (QED) is 0.684. The van der Waals surface area contributed by atoms with Gasteiger partial charge in [-0.2, -0.15) is 0 Å². The van der Waals surface area contributed by atoms with E-state index >= 15 is 0 Å². The van der Waals surface area contributed by atoms with E-state index in [0.717, 1.165) is 25.7 Å². The van der Waals surface area contributed by atoms with Gasteiger partial charge < -0.3 is 15.5 Å². The molecule has 106 valence electrons. The van der Waals surface area contributed by atoms with Crippen LogP contribution in [0.2, 0.25) is 0 Å². The molecule has 1 aromatic heterocycles. The largest absolute Gasteiger partial charge is 0.393 e. The first kappa shape index (κ1) is 14.5. The predicted molar refractivity (Wildman–Crippen MR) is 73.9 cm³/mol. The molecule has 1 saturated carbocycles. The van der Waals surface area contributed by atoms with Crippen molar-refractivity contribution in [2.24, 2.45) is 0 Å². The highest BCUT2D eigenvalue weighted by Gasteiger charge is 2.21. The van der Waals surface area contributed by atoms with E-state index in [4.69, 9.17) is 5.11 Å². The van der Waals surface area contributed by atoms with Gasteiger partial charge in [0.15, 0.2) is 0 Å². The van der Waals surface area contributed by atoms with Crippen LogP contribution < -0.4 is 5.32 Å². The zero-order chi connectivity index (χ0) is 14.4. The van der Waals surface area contributed by atoms with Gasteiger partial charge in [0.05, 0.1) is 17.2 Å². The van der Waals surface area contributed by atoms with E-state index in [2.05, 4.69) is 22.1 Å². The molecule has 0 radical (unpaired) electrons. The summed E-state index contributed by atoms with van der Waals surface area (Å²) in [6.07, 6.45) is 5.84. The molecule has 1 aliphatic rings. The summed E-state index contributed by atoms with van der Waals surface area (Å²) in [7, 11) is 0. The summed E-state index contributed by atoms with van der Waals surface area (Å²) in [5.41, 5.74) is 0.974. The van der Waals surface area contributed by atoms with Crippen molar-refractivity contribution in [1.29, 1.82) is 0 Å². The molecule has 3 N–H and O–H groups in total. The molecule has 5 heteroatoms. The first-order chi connectivity index (χ1) is 9.70. The molecule has 0 unspecified atom stereocenters. The fraction of sp³-hybridized carbons (Fsp3) is 0.467. The zero-order valence-electron chi connectivity index (χ0n) is 11.2. The summed E-state index contributed by atoms with van der Waals surface area (Å²) < 4.78 is 0. The Morgan fingerprint density at radius 1 is 1.40 bits per heavy atom. The summed E-state index contributed by atoms with van der Waals surface area (Å²) in [4.78, 5) is 16.2. The van der Waals surface area contributed by atoms with Crippen LogP contribution >= 0.6 is 0 Å². The van der Waals surface area contributed by atoms with Crippen molar-refractivity contribution in [1.82, 2.24) is 10.3 Å². The molecule has 1 heterocycles. The lowest BCUT2D eigenvalue weighted by atomic mass is 9.93. The van der Waals surface area contributed by atoms with Crippen molar-refractivity contribution < 1.29 is 15.0 Å². The second-order valence-corrected chi connectivity index (χ2v) is 4.86. The molecular weight excluding hydrogens is 256 g/mol. The van der Waals surface area contributed by atoms with E-state index in [1.54, 1.807) is 12.3 Å². The number of nitrogens with zero attached hydrogens (tertiary/aromatic N) is 1. The topological polar surface area (TPSA) is 82.5 Å². The van der Waals surface area contributed by atoms with E-state index < -0.39 is 0 Å². The second kappa shape index (κ2) is 7.04. The summed E-state index contributed by atoms with van der Waals surface area (Å²) in [5, 5.41) is 21.1. The molecule has 0 aliphatic heterocycles. The van der Waals surface area contributed by atoms with Crippen molar-refractivity contribution in [3.05, 3.63) is 29.6 Å². The first-order valence-electron chi connectivity index (χ1n) is 6.73. The Kier molecular flexibility index (Phi) is 5.10. The SMILES string of the molecule is O=C(NC1CCC(O)CC1)c1ccncc1C#CCO. The Bertz CT molecular complexity index is 525. The number of aromatic nitrogens is 1. The Morgan fingerprint density at radius 3 is 2.85 bits per heavy atom. The minimum Gasteiger partial charge on any atom is -0.393 e. The van der Waals surface area contributed by atoms with Crippen LogP contribution in [0.3, 0.4) is 0 Å². The lowest BCUT2D eigenvalue weighted by molar-refractivity contribution is 0.0867. The third-order valence-electron chi connectivity index (χ3n) is 3.40. The van der Waals surface area contributed by atoms with E-state index in [1.807, 2.05) is 0 Å². The normalized spacial score (nSPS) is 21.7. The number of pyridine rings is 1. The van der Waals surface area contributed by atoms with Crippen LogP contribution in [0.1, 0.15) is 41.6 Å². The van der Waals surface area contributed by atoms with Gasteiger partial charge in [0, 0.05) is 18.4 Å². The van der Waals surface area contributed by atoms with E-state index in [0.29, 0.717) is 11.1 Å². The minimum absolute atomic E-state index is 0.0951. The lowest BCUT2D eigenvalue weighted by Gasteiger charge is -2.26.